The molecule has 1 aromatic carbocycles. The topological polar surface area (TPSA) is 82.1 Å². The van der Waals surface area contributed by atoms with E-state index >= 15 is 0 Å². The van der Waals surface area contributed by atoms with E-state index in [1.807, 2.05) is 49.4 Å². The first-order valence-electron chi connectivity index (χ1n) is 12.6. The lowest BCUT2D eigenvalue weighted by atomic mass is 9.47. The van der Waals surface area contributed by atoms with Crippen LogP contribution in [0.2, 0.25) is 0 Å². The number of hydrogen-bond acceptors (Lipinski definition) is 6. The van der Waals surface area contributed by atoms with Crippen LogP contribution in [0.1, 0.15) is 38.7 Å². The Balaban J connectivity index is 1.45. The summed E-state index contributed by atoms with van der Waals surface area (Å²) in [5, 5.41) is 12.3. The molecule has 5 aliphatic rings. The van der Waals surface area contributed by atoms with Gasteiger partial charge in [0.2, 0.25) is 0 Å². The van der Waals surface area contributed by atoms with E-state index < -0.39 is 28.5 Å². The number of Topliss-reactive ketones (excluding diaryl/α,β-unsaturated/α-hetero) is 1. The third kappa shape index (κ3) is 2.99. The number of benzene rings is 1. The molecule has 3 fully saturated rings. The van der Waals surface area contributed by atoms with Crippen molar-refractivity contribution in [2.45, 2.75) is 50.8 Å². The Labute approximate surface area is 215 Å². The van der Waals surface area contributed by atoms with E-state index in [9.17, 15) is 14.7 Å². The number of ketones is 2. The molecule has 190 valence electrons. The van der Waals surface area contributed by atoms with Crippen molar-refractivity contribution in [3.05, 3.63) is 70.8 Å². The molecule has 1 N–H and O–H groups in total. The molecule has 1 saturated heterocycles. The van der Waals surface area contributed by atoms with Crippen LogP contribution in [0.15, 0.2) is 65.2 Å². The Kier molecular flexibility index (Phi) is 5.36. The summed E-state index contributed by atoms with van der Waals surface area (Å²) in [6.07, 6.45) is 7.96. The van der Waals surface area contributed by atoms with Crippen molar-refractivity contribution in [3.8, 4) is 0 Å². The monoisotopic (exact) mass is 510 g/mol. The Bertz CT molecular complexity index is 1220. The molecule has 2 saturated carbocycles. The Hall–Kier alpha value is -2.09. The smallest absolute Gasteiger partial charge is 0.313 e. The van der Waals surface area contributed by atoms with Crippen molar-refractivity contribution < 1.29 is 28.9 Å². The van der Waals surface area contributed by atoms with Crippen molar-refractivity contribution in [3.63, 3.8) is 0 Å². The molecule has 8 atom stereocenters. The van der Waals surface area contributed by atoms with Gasteiger partial charge in [0.25, 0.3) is 0 Å². The van der Waals surface area contributed by atoms with Crippen LogP contribution in [0.5, 0.6) is 0 Å². The summed E-state index contributed by atoms with van der Waals surface area (Å²) in [6.45, 7) is 3.97. The van der Waals surface area contributed by atoms with Gasteiger partial charge in [0.15, 0.2) is 11.6 Å². The lowest BCUT2D eigenvalue weighted by Gasteiger charge is -2.60. The number of aliphatic hydroxyl groups is 1. The average Bonchev–Trinajstić information content (AvgIpc) is 3.14. The second kappa shape index (κ2) is 7.95. The molecule has 1 unspecified atom stereocenters. The van der Waals surface area contributed by atoms with Crippen LogP contribution < -0.4 is 0 Å². The first kappa shape index (κ1) is 24.3. The van der Waals surface area contributed by atoms with E-state index in [0.29, 0.717) is 23.4 Å². The van der Waals surface area contributed by atoms with Crippen molar-refractivity contribution >= 4 is 23.2 Å². The van der Waals surface area contributed by atoms with E-state index in [-0.39, 0.29) is 35.9 Å². The molecular weight excluding hydrogens is 480 g/mol. The van der Waals surface area contributed by atoms with Gasteiger partial charge in [-0.15, -0.1) is 0 Å². The van der Waals surface area contributed by atoms with Crippen LogP contribution in [0.25, 0.3) is 0 Å². The number of carbonyl (C=O) groups excluding carboxylic acids is 2. The molecule has 0 radical (unpaired) electrons. The highest BCUT2D eigenvalue weighted by molar-refractivity contribution is 6.32. The van der Waals surface area contributed by atoms with Crippen LogP contribution in [0, 0.1) is 28.6 Å². The maximum atomic E-state index is 13.7. The molecule has 0 aromatic heterocycles. The lowest BCUT2D eigenvalue weighted by Crippen LogP contribution is -2.66. The molecule has 1 aromatic rings. The summed E-state index contributed by atoms with van der Waals surface area (Å²) in [4.78, 5) is 25.8. The molecule has 6 rings (SSSR count). The SMILES string of the molecule is COC1(c2ccccc2)OCC(=O)[C@]2(CC[C@H]3[C@@H]4C=C(Cl)C5=CC(=O)C=C[C@]5(C)[C@H]4[C@@H](O)C[C@@]32C)O1. The van der Waals surface area contributed by atoms with Crippen LogP contribution in [-0.2, 0) is 29.8 Å². The van der Waals surface area contributed by atoms with Gasteiger partial charge in [0.1, 0.15) is 12.2 Å². The summed E-state index contributed by atoms with van der Waals surface area (Å²) in [7, 11) is 1.52. The summed E-state index contributed by atoms with van der Waals surface area (Å²) in [5.74, 6) is -1.94. The fraction of sp³-hybridized carbons (Fsp3) is 0.517. The third-order valence-corrected chi connectivity index (χ3v) is 10.1. The second-order valence-electron chi connectivity index (χ2n) is 11.3. The first-order valence-corrected chi connectivity index (χ1v) is 13.0. The van der Waals surface area contributed by atoms with E-state index in [2.05, 4.69) is 6.92 Å². The van der Waals surface area contributed by atoms with Crippen LogP contribution >= 0.6 is 11.6 Å². The molecule has 1 spiro atoms. The molecule has 0 bridgehead atoms. The van der Waals surface area contributed by atoms with Gasteiger partial charge in [-0.3, -0.25) is 9.59 Å². The minimum absolute atomic E-state index is 0.0384. The molecule has 4 aliphatic carbocycles. The molecule has 1 aliphatic heterocycles. The lowest BCUT2D eigenvalue weighted by molar-refractivity contribution is -0.435. The quantitative estimate of drug-likeness (QED) is 0.634. The maximum absolute atomic E-state index is 13.7. The highest BCUT2D eigenvalue weighted by atomic mass is 35.5. The Morgan fingerprint density at radius 1 is 1.17 bits per heavy atom. The zero-order valence-electron chi connectivity index (χ0n) is 20.7. The largest absolute Gasteiger partial charge is 0.393 e. The van der Waals surface area contributed by atoms with Gasteiger partial charge in [0.05, 0.1) is 6.10 Å². The van der Waals surface area contributed by atoms with Gasteiger partial charge in [0, 0.05) is 34.5 Å². The van der Waals surface area contributed by atoms with Gasteiger partial charge < -0.3 is 19.3 Å². The number of hydrogen-bond donors (Lipinski definition) is 1. The fourth-order valence-corrected chi connectivity index (χ4v) is 8.47. The van der Waals surface area contributed by atoms with Crippen LogP contribution in [-0.4, -0.2) is 42.1 Å². The normalized spacial score (nSPS) is 45.6. The zero-order chi connectivity index (χ0) is 25.5. The maximum Gasteiger partial charge on any atom is 0.313 e. The predicted molar refractivity (Wildman–Crippen MR) is 133 cm³/mol. The molecule has 6 nitrogen and oxygen atoms in total. The molecule has 1 heterocycles. The van der Waals surface area contributed by atoms with E-state index in [4.69, 9.17) is 25.8 Å². The van der Waals surface area contributed by atoms with Gasteiger partial charge in [-0.1, -0.05) is 67.9 Å². The molecular formula is C29H31ClO6. The Morgan fingerprint density at radius 2 is 1.92 bits per heavy atom. The number of carbonyl (C=O) groups is 2. The minimum Gasteiger partial charge on any atom is -0.393 e. The minimum atomic E-state index is -1.51. The Morgan fingerprint density at radius 3 is 2.64 bits per heavy atom. The number of halogens is 1. The van der Waals surface area contributed by atoms with E-state index in [0.717, 1.165) is 12.0 Å². The van der Waals surface area contributed by atoms with E-state index in [1.54, 1.807) is 12.2 Å². The standard InChI is InChI=1S/C29H31ClO6/c1-26-11-9-18(31)13-21(26)22(30)14-19-20-10-12-28(27(20,2)15-23(32)25(19)26)24(33)16-35-29(34-3,36-28)17-7-5-4-6-8-17/h4-9,11,13-14,19-20,23,25,32H,10,12,15-16H2,1-3H3/t19-,20-,23-,25+,26-,27-,28-,29?/m0/s1. The molecule has 0 amide bonds. The highest BCUT2D eigenvalue weighted by Crippen LogP contribution is 2.68. The van der Waals surface area contributed by atoms with Crippen molar-refractivity contribution in [2.24, 2.45) is 28.6 Å². The average molecular weight is 511 g/mol. The highest BCUT2D eigenvalue weighted by Gasteiger charge is 2.72. The third-order valence-electron chi connectivity index (χ3n) is 9.77. The van der Waals surface area contributed by atoms with Crippen molar-refractivity contribution in [1.29, 1.82) is 0 Å². The molecule has 7 heteroatoms. The number of aliphatic hydroxyl groups excluding tert-OH is 1. The number of methoxy groups -OCH3 is 1. The zero-order valence-corrected chi connectivity index (χ0v) is 21.5. The summed E-state index contributed by atoms with van der Waals surface area (Å²) < 4.78 is 18.5. The number of rotatable bonds is 2. The summed E-state index contributed by atoms with van der Waals surface area (Å²) in [6, 6.07) is 9.38. The van der Waals surface area contributed by atoms with Crippen LogP contribution in [0.4, 0.5) is 0 Å². The summed E-state index contributed by atoms with van der Waals surface area (Å²) in [5.41, 5.74) is -0.979. The van der Waals surface area contributed by atoms with Gasteiger partial charge in [-0.25, -0.2) is 0 Å². The number of ether oxygens (including phenoxy) is 3. The number of fused-ring (bicyclic) bond motifs is 6. The van der Waals surface area contributed by atoms with Gasteiger partial charge in [-0.05, 0) is 48.8 Å². The van der Waals surface area contributed by atoms with Crippen molar-refractivity contribution in [2.75, 3.05) is 13.7 Å². The predicted octanol–water partition coefficient (Wildman–Crippen LogP) is 4.42. The van der Waals surface area contributed by atoms with Crippen LogP contribution in [0.3, 0.4) is 0 Å². The van der Waals surface area contributed by atoms with Crippen molar-refractivity contribution in [1.82, 2.24) is 0 Å². The first-order chi connectivity index (χ1) is 17.1. The second-order valence-corrected chi connectivity index (χ2v) is 11.7. The fourth-order valence-electron chi connectivity index (χ4n) is 8.07. The summed E-state index contributed by atoms with van der Waals surface area (Å²) >= 11 is 6.79. The number of allylic oxidation sites excluding steroid dienone is 6. The van der Waals surface area contributed by atoms with E-state index in [1.165, 1.54) is 7.11 Å². The molecule has 36 heavy (non-hydrogen) atoms. The van der Waals surface area contributed by atoms with Gasteiger partial charge in [-0.2, -0.15) is 0 Å². The van der Waals surface area contributed by atoms with Gasteiger partial charge >= 0.3 is 5.97 Å².